The highest BCUT2D eigenvalue weighted by Gasteiger charge is 2.24. The lowest BCUT2D eigenvalue weighted by Crippen LogP contribution is -3.16. The zero-order valence-corrected chi connectivity index (χ0v) is 14.5. The van der Waals surface area contributed by atoms with E-state index in [1.54, 1.807) is 6.07 Å². The number of nitrogens with one attached hydrogen (secondary N) is 2. The number of quaternary nitrogens is 1. The molecule has 1 amide bonds. The minimum atomic E-state index is 0.187. The van der Waals surface area contributed by atoms with Crippen molar-refractivity contribution in [1.29, 1.82) is 0 Å². The summed E-state index contributed by atoms with van der Waals surface area (Å²) in [6.07, 6.45) is 6.54. The monoisotopic (exact) mass is 332 g/mol. The van der Waals surface area contributed by atoms with Gasteiger partial charge in [0.25, 0.3) is 5.91 Å². The number of amides is 1. The van der Waals surface area contributed by atoms with Gasteiger partial charge in [-0.25, -0.2) is 0 Å². The Kier molecular flexibility index (Phi) is 5.96. The number of benzene rings is 1. The van der Waals surface area contributed by atoms with Crippen molar-refractivity contribution >= 4 is 11.6 Å². The zero-order valence-electron chi connectivity index (χ0n) is 14.5. The maximum absolute atomic E-state index is 12.2. The van der Waals surface area contributed by atoms with E-state index in [1.807, 2.05) is 18.2 Å². The van der Waals surface area contributed by atoms with Crippen LogP contribution in [-0.4, -0.2) is 50.3 Å². The van der Waals surface area contributed by atoms with E-state index in [1.165, 1.54) is 37.0 Å². The Morgan fingerprint density at radius 2 is 1.88 bits per heavy atom. The van der Waals surface area contributed by atoms with Gasteiger partial charge >= 0.3 is 0 Å². The predicted molar refractivity (Wildman–Crippen MR) is 95.5 cm³/mol. The molecule has 24 heavy (non-hydrogen) atoms. The minimum absolute atomic E-state index is 0.187. The molecule has 1 aromatic carbocycles. The summed E-state index contributed by atoms with van der Waals surface area (Å²) >= 11 is 0. The summed E-state index contributed by atoms with van der Waals surface area (Å²) in [7, 11) is 0. The number of piperazine rings is 1. The number of rotatable bonds is 5. The average molecular weight is 332 g/mol. The van der Waals surface area contributed by atoms with Crippen LogP contribution < -0.4 is 15.1 Å². The second-order valence-electron chi connectivity index (χ2n) is 7.21. The van der Waals surface area contributed by atoms with Crippen LogP contribution in [0.4, 0.5) is 5.69 Å². The standard InChI is InChI=1S/C19H29N3O2/c23-18-9-5-4-8-17(18)22-12-10-21(11-13-22)15-19(24)20-14-16-6-2-1-3-7-16/h4-5,8-9,16,23H,1-3,6-7,10-15H2,(H,20,24)/p+1. The van der Waals surface area contributed by atoms with E-state index < -0.39 is 0 Å². The largest absolute Gasteiger partial charge is 0.506 e. The van der Waals surface area contributed by atoms with E-state index >= 15 is 0 Å². The van der Waals surface area contributed by atoms with Gasteiger partial charge in [-0.3, -0.25) is 4.79 Å². The topological polar surface area (TPSA) is 57.0 Å². The highest BCUT2D eigenvalue weighted by atomic mass is 16.3. The maximum Gasteiger partial charge on any atom is 0.275 e. The van der Waals surface area contributed by atoms with Crippen LogP contribution in [0.15, 0.2) is 24.3 Å². The van der Waals surface area contributed by atoms with E-state index in [2.05, 4.69) is 10.2 Å². The van der Waals surface area contributed by atoms with Gasteiger partial charge in [0.05, 0.1) is 31.9 Å². The molecule has 0 unspecified atom stereocenters. The molecule has 3 rings (SSSR count). The van der Waals surface area contributed by atoms with Crippen LogP contribution >= 0.6 is 0 Å². The van der Waals surface area contributed by atoms with Gasteiger partial charge in [-0.1, -0.05) is 31.4 Å². The number of phenols is 1. The highest BCUT2D eigenvalue weighted by molar-refractivity contribution is 5.76. The molecule has 5 heteroatoms. The quantitative estimate of drug-likeness (QED) is 0.747. The number of hydrogen-bond donors (Lipinski definition) is 3. The second-order valence-corrected chi connectivity index (χ2v) is 7.21. The molecule has 1 aromatic rings. The molecule has 1 saturated carbocycles. The van der Waals surface area contributed by atoms with Gasteiger partial charge in [0.15, 0.2) is 6.54 Å². The fraction of sp³-hybridized carbons (Fsp3) is 0.632. The lowest BCUT2D eigenvalue weighted by Gasteiger charge is -2.33. The van der Waals surface area contributed by atoms with Crippen LogP contribution in [0.3, 0.4) is 0 Å². The number of para-hydroxylation sites is 2. The van der Waals surface area contributed by atoms with Crippen molar-refractivity contribution in [3.8, 4) is 5.75 Å². The van der Waals surface area contributed by atoms with E-state index in [9.17, 15) is 9.90 Å². The van der Waals surface area contributed by atoms with Crippen LogP contribution in [-0.2, 0) is 4.79 Å². The van der Waals surface area contributed by atoms with Crippen LogP contribution in [0, 0.1) is 5.92 Å². The lowest BCUT2D eigenvalue weighted by atomic mass is 9.89. The van der Waals surface area contributed by atoms with Gasteiger partial charge in [0.2, 0.25) is 0 Å². The summed E-state index contributed by atoms with van der Waals surface area (Å²) in [5.41, 5.74) is 0.901. The Labute approximate surface area is 144 Å². The first-order valence-corrected chi connectivity index (χ1v) is 9.35. The Bertz CT molecular complexity index is 535. The van der Waals surface area contributed by atoms with Crippen molar-refractivity contribution < 1.29 is 14.8 Å². The number of carbonyl (C=O) groups excluding carboxylic acids is 1. The molecule has 0 radical (unpaired) electrons. The molecule has 132 valence electrons. The molecule has 1 saturated heterocycles. The summed E-state index contributed by atoms with van der Waals surface area (Å²) in [4.78, 5) is 15.7. The zero-order chi connectivity index (χ0) is 16.8. The minimum Gasteiger partial charge on any atom is -0.506 e. The molecule has 0 aromatic heterocycles. The molecule has 0 bridgehead atoms. The summed E-state index contributed by atoms with van der Waals surface area (Å²) in [6.45, 7) is 5.06. The molecule has 1 heterocycles. The van der Waals surface area contributed by atoms with Crippen molar-refractivity contribution in [2.75, 3.05) is 44.2 Å². The normalized spacial score (nSPS) is 20.1. The van der Waals surface area contributed by atoms with E-state index in [0.717, 1.165) is 38.4 Å². The molecule has 2 aliphatic rings. The molecule has 2 fully saturated rings. The summed E-state index contributed by atoms with van der Waals surface area (Å²) in [5.74, 6) is 1.22. The summed E-state index contributed by atoms with van der Waals surface area (Å²) in [6, 6.07) is 7.48. The Morgan fingerprint density at radius 1 is 1.17 bits per heavy atom. The molecule has 5 nitrogen and oxygen atoms in total. The molecule has 0 atom stereocenters. The van der Waals surface area contributed by atoms with Crippen molar-refractivity contribution in [1.82, 2.24) is 5.32 Å². The molecular weight excluding hydrogens is 302 g/mol. The van der Waals surface area contributed by atoms with Crippen molar-refractivity contribution in [3.05, 3.63) is 24.3 Å². The first-order valence-electron chi connectivity index (χ1n) is 9.35. The van der Waals surface area contributed by atoms with Gasteiger partial charge in [-0.2, -0.15) is 0 Å². The van der Waals surface area contributed by atoms with Gasteiger partial charge in [0.1, 0.15) is 5.75 Å². The lowest BCUT2D eigenvalue weighted by molar-refractivity contribution is -0.892. The number of hydrogen-bond acceptors (Lipinski definition) is 3. The Balaban J connectivity index is 1.38. The van der Waals surface area contributed by atoms with Crippen LogP contribution in [0.1, 0.15) is 32.1 Å². The molecule has 3 N–H and O–H groups in total. The Hall–Kier alpha value is -1.75. The summed E-state index contributed by atoms with van der Waals surface area (Å²) in [5, 5.41) is 13.1. The fourth-order valence-electron chi connectivity index (χ4n) is 3.91. The number of aromatic hydroxyl groups is 1. The number of phenolic OH excluding ortho intramolecular Hbond substituents is 1. The number of nitrogens with zero attached hydrogens (tertiary/aromatic N) is 1. The first-order chi connectivity index (χ1) is 11.7. The van der Waals surface area contributed by atoms with Crippen LogP contribution in [0.2, 0.25) is 0 Å². The third-order valence-electron chi connectivity index (χ3n) is 5.42. The highest BCUT2D eigenvalue weighted by Crippen LogP contribution is 2.26. The van der Waals surface area contributed by atoms with Gasteiger partial charge in [-0.05, 0) is 30.9 Å². The number of carbonyl (C=O) groups is 1. The van der Waals surface area contributed by atoms with Gasteiger partial charge in [-0.15, -0.1) is 0 Å². The third kappa shape index (κ3) is 4.63. The molecule has 1 aliphatic carbocycles. The van der Waals surface area contributed by atoms with Crippen molar-refractivity contribution in [3.63, 3.8) is 0 Å². The van der Waals surface area contributed by atoms with E-state index in [4.69, 9.17) is 0 Å². The van der Waals surface area contributed by atoms with Gasteiger partial charge in [0, 0.05) is 6.54 Å². The third-order valence-corrected chi connectivity index (χ3v) is 5.42. The van der Waals surface area contributed by atoms with E-state index in [0.29, 0.717) is 18.2 Å². The average Bonchev–Trinajstić information content (AvgIpc) is 2.62. The van der Waals surface area contributed by atoms with Crippen molar-refractivity contribution in [2.24, 2.45) is 5.92 Å². The fourth-order valence-corrected chi connectivity index (χ4v) is 3.91. The van der Waals surface area contributed by atoms with E-state index in [-0.39, 0.29) is 5.91 Å². The summed E-state index contributed by atoms with van der Waals surface area (Å²) < 4.78 is 0. The Morgan fingerprint density at radius 3 is 2.58 bits per heavy atom. The SMILES string of the molecule is O=C(C[NH+]1CCN(c2ccccc2O)CC1)NCC1CCCCC1. The smallest absolute Gasteiger partial charge is 0.275 e. The van der Waals surface area contributed by atoms with Crippen molar-refractivity contribution in [2.45, 2.75) is 32.1 Å². The number of anilines is 1. The van der Waals surface area contributed by atoms with Crippen LogP contribution in [0.5, 0.6) is 5.75 Å². The molecular formula is C19H30N3O2+. The first kappa shape index (κ1) is 17.1. The molecule has 0 spiro atoms. The molecule has 1 aliphatic heterocycles. The maximum atomic E-state index is 12.2. The van der Waals surface area contributed by atoms with Crippen LogP contribution in [0.25, 0.3) is 0 Å². The second kappa shape index (κ2) is 8.38. The predicted octanol–water partition coefficient (Wildman–Crippen LogP) is 0.794. The van der Waals surface area contributed by atoms with Gasteiger partial charge < -0.3 is 20.2 Å².